The molecule has 0 saturated carbocycles. The molecule has 2 aromatic heterocycles. The van der Waals surface area contributed by atoms with Crippen molar-refractivity contribution in [2.45, 2.75) is 13.5 Å². The molecule has 1 aromatic carbocycles. The monoisotopic (exact) mass is 326 g/mol. The van der Waals surface area contributed by atoms with E-state index in [2.05, 4.69) is 15.5 Å². The average Bonchev–Trinajstić information content (AvgIpc) is 3.15. The molecule has 0 fully saturated rings. The highest BCUT2D eigenvalue weighted by atomic mass is 16.6. The van der Waals surface area contributed by atoms with Crippen LogP contribution in [0, 0.1) is 17.0 Å². The lowest BCUT2D eigenvalue weighted by Crippen LogP contribution is -2.20. The lowest BCUT2D eigenvalue weighted by atomic mass is 10.3. The Balaban J connectivity index is 1.76. The molecule has 9 nitrogen and oxygen atoms in total. The highest BCUT2D eigenvalue weighted by Gasteiger charge is 2.14. The van der Waals surface area contributed by atoms with Crippen LogP contribution in [0.25, 0.3) is 5.69 Å². The average molecular weight is 326 g/mol. The Hall–Kier alpha value is -3.49. The number of hydrogen-bond acceptors (Lipinski definition) is 5. The molecule has 3 aromatic rings. The summed E-state index contributed by atoms with van der Waals surface area (Å²) in [6, 6.07) is 11.1. The fraction of sp³-hybridized carbons (Fsp3) is 0.133. The molecule has 0 atom stereocenters. The summed E-state index contributed by atoms with van der Waals surface area (Å²) in [4.78, 5) is 22.2. The van der Waals surface area contributed by atoms with Gasteiger partial charge < -0.3 is 5.32 Å². The summed E-state index contributed by atoms with van der Waals surface area (Å²) in [6.07, 6.45) is 2.31. The predicted octanol–water partition coefficient (Wildman–Crippen LogP) is 1.92. The van der Waals surface area contributed by atoms with Crippen LogP contribution in [0.1, 0.15) is 5.69 Å². The third-order valence-corrected chi connectivity index (χ3v) is 3.24. The molecule has 0 radical (unpaired) electrons. The maximum absolute atomic E-state index is 12.2. The van der Waals surface area contributed by atoms with E-state index < -0.39 is 4.92 Å². The van der Waals surface area contributed by atoms with Crippen molar-refractivity contribution < 1.29 is 9.72 Å². The van der Waals surface area contributed by atoms with E-state index in [1.165, 1.54) is 10.9 Å². The SMILES string of the molecule is Cc1cc(NC(=O)Cn2cc([N+](=O)[O-])cn2)n(-c2ccccc2)n1. The van der Waals surface area contributed by atoms with Gasteiger partial charge >= 0.3 is 5.69 Å². The molecule has 0 spiro atoms. The van der Waals surface area contributed by atoms with Crippen molar-refractivity contribution in [2.75, 3.05) is 5.32 Å². The van der Waals surface area contributed by atoms with E-state index in [0.717, 1.165) is 17.6 Å². The van der Waals surface area contributed by atoms with Crippen molar-refractivity contribution in [3.63, 3.8) is 0 Å². The highest BCUT2D eigenvalue weighted by molar-refractivity contribution is 5.90. The van der Waals surface area contributed by atoms with Gasteiger partial charge in [-0.1, -0.05) is 18.2 Å². The molecular weight excluding hydrogens is 312 g/mol. The zero-order valence-corrected chi connectivity index (χ0v) is 12.8. The fourth-order valence-corrected chi connectivity index (χ4v) is 2.22. The maximum atomic E-state index is 12.2. The number of para-hydroxylation sites is 1. The number of nitrogens with one attached hydrogen (secondary N) is 1. The minimum atomic E-state index is -0.560. The Bertz CT molecular complexity index is 884. The molecule has 122 valence electrons. The minimum Gasteiger partial charge on any atom is -0.309 e. The number of aromatic nitrogens is 4. The lowest BCUT2D eigenvalue weighted by molar-refractivity contribution is -0.385. The first kappa shape index (κ1) is 15.4. The molecule has 1 N–H and O–H groups in total. The molecule has 0 unspecified atom stereocenters. The second kappa shape index (κ2) is 6.32. The number of nitrogens with zero attached hydrogens (tertiary/aromatic N) is 5. The summed E-state index contributed by atoms with van der Waals surface area (Å²) in [5, 5.41) is 21.5. The van der Waals surface area contributed by atoms with Gasteiger partial charge in [0.05, 0.1) is 16.3 Å². The standard InChI is InChI=1S/C15H14N6O3/c1-11-7-14(20(18-11)12-5-3-2-4-6-12)17-15(22)10-19-9-13(8-16-19)21(23)24/h2-9H,10H2,1H3,(H,17,22). The molecule has 0 aliphatic heterocycles. The van der Waals surface area contributed by atoms with Crippen molar-refractivity contribution in [3.05, 3.63) is 64.6 Å². The van der Waals surface area contributed by atoms with E-state index in [9.17, 15) is 14.9 Å². The van der Waals surface area contributed by atoms with E-state index in [1.54, 1.807) is 10.7 Å². The topological polar surface area (TPSA) is 108 Å². The van der Waals surface area contributed by atoms with Crippen molar-refractivity contribution in [1.82, 2.24) is 19.6 Å². The Morgan fingerprint density at radius 2 is 2.08 bits per heavy atom. The van der Waals surface area contributed by atoms with E-state index >= 15 is 0 Å². The minimum absolute atomic E-state index is 0.132. The van der Waals surface area contributed by atoms with Crippen molar-refractivity contribution in [2.24, 2.45) is 0 Å². The number of nitro groups is 1. The van der Waals surface area contributed by atoms with Crippen LogP contribution < -0.4 is 5.32 Å². The van der Waals surface area contributed by atoms with Crippen LogP contribution in [0.2, 0.25) is 0 Å². The highest BCUT2D eigenvalue weighted by Crippen LogP contribution is 2.17. The summed E-state index contributed by atoms with van der Waals surface area (Å²) in [6.45, 7) is 1.69. The van der Waals surface area contributed by atoms with Crippen LogP contribution in [0.3, 0.4) is 0 Å². The van der Waals surface area contributed by atoms with E-state index in [0.29, 0.717) is 5.82 Å². The van der Waals surface area contributed by atoms with E-state index in [1.807, 2.05) is 37.3 Å². The van der Waals surface area contributed by atoms with Gasteiger partial charge in [-0.25, -0.2) is 4.68 Å². The summed E-state index contributed by atoms with van der Waals surface area (Å²) in [5.41, 5.74) is 1.41. The molecule has 3 rings (SSSR count). The number of anilines is 1. The summed E-state index contributed by atoms with van der Waals surface area (Å²) in [7, 11) is 0. The second-order valence-corrected chi connectivity index (χ2v) is 5.12. The van der Waals surface area contributed by atoms with Gasteiger partial charge in [-0.3, -0.25) is 19.6 Å². The number of benzene rings is 1. The molecule has 0 aliphatic carbocycles. The summed E-state index contributed by atoms with van der Waals surface area (Å²) in [5.74, 6) is 0.162. The fourth-order valence-electron chi connectivity index (χ4n) is 2.22. The molecule has 24 heavy (non-hydrogen) atoms. The van der Waals surface area contributed by atoms with Gasteiger partial charge in [0.15, 0.2) is 0 Å². The van der Waals surface area contributed by atoms with Crippen LogP contribution in [-0.2, 0) is 11.3 Å². The first-order chi connectivity index (χ1) is 11.5. The van der Waals surface area contributed by atoms with Gasteiger partial charge in [-0.2, -0.15) is 10.2 Å². The zero-order valence-electron chi connectivity index (χ0n) is 12.8. The van der Waals surface area contributed by atoms with Gasteiger partial charge in [-0.15, -0.1) is 0 Å². The lowest BCUT2D eigenvalue weighted by Gasteiger charge is -2.08. The molecule has 0 saturated heterocycles. The molecule has 0 bridgehead atoms. The first-order valence-electron chi connectivity index (χ1n) is 7.12. The normalized spacial score (nSPS) is 10.5. The van der Waals surface area contributed by atoms with Gasteiger partial charge in [0.1, 0.15) is 24.8 Å². The number of carbonyl (C=O) groups excluding carboxylic acids is 1. The zero-order chi connectivity index (χ0) is 17.1. The number of hydrogen-bond donors (Lipinski definition) is 1. The van der Waals surface area contributed by atoms with Gasteiger partial charge in [0, 0.05) is 6.07 Å². The van der Waals surface area contributed by atoms with Crippen LogP contribution >= 0.6 is 0 Å². The molecule has 0 aliphatic rings. The smallest absolute Gasteiger partial charge is 0.307 e. The van der Waals surface area contributed by atoms with E-state index in [4.69, 9.17) is 0 Å². The Kier molecular flexibility index (Phi) is 4.06. The third-order valence-electron chi connectivity index (χ3n) is 3.24. The second-order valence-electron chi connectivity index (χ2n) is 5.12. The molecular formula is C15H14N6O3. The van der Waals surface area contributed by atoms with Crippen LogP contribution in [0.4, 0.5) is 11.5 Å². The quantitative estimate of drug-likeness (QED) is 0.569. The van der Waals surface area contributed by atoms with Crippen LogP contribution in [0.15, 0.2) is 48.8 Å². The van der Waals surface area contributed by atoms with Crippen LogP contribution in [0.5, 0.6) is 0 Å². The van der Waals surface area contributed by atoms with Crippen molar-refractivity contribution in [3.8, 4) is 5.69 Å². The first-order valence-corrected chi connectivity index (χ1v) is 7.12. The van der Waals surface area contributed by atoms with Crippen LogP contribution in [-0.4, -0.2) is 30.4 Å². The predicted molar refractivity (Wildman–Crippen MR) is 85.8 cm³/mol. The molecule has 1 amide bonds. The van der Waals surface area contributed by atoms with E-state index in [-0.39, 0.29) is 18.1 Å². The number of aryl methyl sites for hydroxylation is 1. The van der Waals surface area contributed by atoms with Gasteiger partial charge in [0.2, 0.25) is 5.91 Å². The summed E-state index contributed by atoms with van der Waals surface area (Å²) < 4.78 is 2.84. The van der Waals surface area contributed by atoms with Gasteiger partial charge in [-0.05, 0) is 19.1 Å². The molecule has 2 heterocycles. The third kappa shape index (κ3) is 3.29. The number of rotatable bonds is 5. The Morgan fingerprint density at radius 3 is 2.75 bits per heavy atom. The summed E-state index contributed by atoms with van der Waals surface area (Å²) >= 11 is 0. The number of carbonyl (C=O) groups is 1. The number of amides is 1. The Morgan fingerprint density at radius 1 is 1.33 bits per heavy atom. The van der Waals surface area contributed by atoms with Crippen molar-refractivity contribution >= 4 is 17.4 Å². The Labute approximate surface area is 136 Å². The largest absolute Gasteiger partial charge is 0.309 e. The van der Waals surface area contributed by atoms with Crippen molar-refractivity contribution in [1.29, 1.82) is 0 Å². The maximum Gasteiger partial charge on any atom is 0.307 e. The molecule has 9 heteroatoms. The van der Waals surface area contributed by atoms with Gasteiger partial charge in [0.25, 0.3) is 0 Å².